The zero-order valence-electron chi connectivity index (χ0n) is 13.9. The van der Waals surface area contributed by atoms with E-state index in [0.717, 1.165) is 44.4 Å². The Kier molecular flexibility index (Phi) is 4.32. The van der Waals surface area contributed by atoms with Crippen molar-refractivity contribution in [1.29, 1.82) is 0 Å². The summed E-state index contributed by atoms with van der Waals surface area (Å²) in [4.78, 5) is 14.4. The van der Waals surface area contributed by atoms with Crippen LogP contribution >= 0.6 is 0 Å². The van der Waals surface area contributed by atoms with Gasteiger partial charge in [-0.25, -0.2) is 13.2 Å². The summed E-state index contributed by atoms with van der Waals surface area (Å²) in [6.07, 6.45) is 0.00469. The van der Waals surface area contributed by atoms with Crippen LogP contribution in [0.3, 0.4) is 0 Å². The number of carbonyl (C=O) groups excluding carboxylic acids is 1. The Morgan fingerprint density at radius 2 is 1.69 bits per heavy atom. The van der Waals surface area contributed by atoms with E-state index >= 15 is 0 Å². The number of nitrogens with one attached hydrogen (secondary N) is 1. The van der Waals surface area contributed by atoms with E-state index in [2.05, 4.69) is 5.32 Å². The van der Waals surface area contributed by atoms with Crippen molar-refractivity contribution in [2.24, 2.45) is 0 Å². The van der Waals surface area contributed by atoms with Gasteiger partial charge in [0.1, 0.15) is 23.2 Å². The lowest BCUT2D eigenvalue weighted by molar-refractivity contribution is -0.137. The van der Waals surface area contributed by atoms with Crippen molar-refractivity contribution in [2.75, 3.05) is 31.1 Å². The second kappa shape index (κ2) is 6.64. The smallest absolute Gasteiger partial charge is 0.319 e. The maximum absolute atomic E-state index is 14.7. The lowest BCUT2D eigenvalue weighted by atomic mass is 9.89. The Morgan fingerprint density at radius 3 is 2.38 bits per heavy atom. The highest BCUT2D eigenvalue weighted by Crippen LogP contribution is 2.38. The largest absolute Gasteiger partial charge is 0.426 e. The Balaban J connectivity index is 1.67. The van der Waals surface area contributed by atoms with E-state index in [4.69, 9.17) is 4.74 Å². The second-order valence-corrected chi connectivity index (χ2v) is 6.52. The molecule has 0 radical (unpaired) electrons. The summed E-state index contributed by atoms with van der Waals surface area (Å²) < 4.78 is 46.9. The van der Waals surface area contributed by atoms with Crippen LogP contribution in [0.4, 0.5) is 18.9 Å². The maximum atomic E-state index is 14.7. The lowest BCUT2D eigenvalue weighted by Gasteiger charge is -2.31. The molecule has 0 amide bonds. The van der Waals surface area contributed by atoms with E-state index < -0.39 is 29.3 Å². The fourth-order valence-corrected chi connectivity index (χ4v) is 3.49. The number of esters is 1. The quantitative estimate of drug-likeness (QED) is 0.659. The number of fused-ring (bicyclic) bond motifs is 1. The predicted molar refractivity (Wildman–Crippen MR) is 89.9 cm³/mol. The molecule has 0 bridgehead atoms. The topological polar surface area (TPSA) is 41.6 Å². The highest BCUT2D eigenvalue weighted by molar-refractivity contribution is 5.83. The van der Waals surface area contributed by atoms with Crippen molar-refractivity contribution in [1.82, 2.24) is 5.32 Å². The summed E-state index contributed by atoms with van der Waals surface area (Å²) in [5.74, 6) is -3.45. The van der Waals surface area contributed by atoms with Crippen molar-refractivity contribution in [3.63, 3.8) is 0 Å². The maximum Gasteiger partial charge on any atom is 0.319 e. The van der Waals surface area contributed by atoms with Gasteiger partial charge in [-0.1, -0.05) is 0 Å². The van der Waals surface area contributed by atoms with Crippen LogP contribution in [0.15, 0.2) is 30.3 Å². The Labute approximate surface area is 148 Å². The molecule has 2 heterocycles. The average Bonchev–Trinajstić information content (AvgIpc) is 2.61. The second-order valence-electron chi connectivity index (χ2n) is 6.52. The van der Waals surface area contributed by atoms with Gasteiger partial charge in [0.2, 0.25) is 0 Å². The van der Waals surface area contributed by atoms with Crippen molar-refractivity contribution >= 4 is 11.7 Å². The molecule has 0 aliphatic carbocycles. The molecule has 1 N–H and O–H groups in total. The highest BCUT2D eigenvalue weighted by Gasteiger charge is 2.33. The summed E-state index contributed by atoms with van der Waals surface area (Å²) in [6.45, 7) is 3.06. The summed E-state index contributed by atoms with van der Waals surface area (Å²) in [6, 6.07) is 5.96. The fraction of sp³-hybridized carbons (Fsp3) is 0.316. The van der Waals surface area contributed by atoms with Crippen molar-refractivity contribution in [3.05, 3.63) is 58.9 Å². The molecular weight excluding hydrogens is 345 g/mol. The van der Waals surface area contributed by atoms with Gasteiger partial charge in [-0.15, -0.1) is 0 Å². The van der Waals surface area contributed by atoms with Crippen LogP contribution in [0.1, 0.15) is 17.0 Å². The first-order valence-corrected chi connectivity index (χ1v) is 8.47. The Morgan fingerprint density at radius 1 is 1.00 bits per heavy atom. The van der Waals surface area contributed by atoms with Crippen LogP contribution in [-0.4, -0.2) is 32.1 Å². The molecule has 4 rings (SSSR count). The summed E-state index contributed by atoms with van der Waals surface area (Å²) >= 11 is 0. The normalized spacial score (nSPS) is 19.9. The molecule has 0 saturated carbocycles. The van der Waals surface area contributed by atoms with E-state index in [1.165, 1.54) is 6.07 Å². The molecule has 136 valence electrons. The number of halogens is 3. The zero-order valence-corrected chi connectivity index (χ0v) is 13.9. The van der Waals surface area contributed by atoms with E-state index in [1.807, 2.05) is 4.90 Å². The van der Waals surface area contributed by atoms with Crippen molar-refractivity contribution < 1.29 is 22.7 Å². The molecule has 2 aromatic carbocycles. The van der Waals surface area contributed by atoms with Crippen LogP contribution in [0, 0.1) is 17.5 Å². The average molecular weight is 362 g/mol. The number of anilines is 1. The van der Waals surface area contributed by atoms with Gasteiger partial charge in [0.05, 0.1) is 5.92 Å². The number of benzene rings is 2. The van der Waals surface area contributed by atoms with E-state index in [0.29, 0.717) is 5.69 Å². The highest BCUT2D eigenvalue weighted by atomic mass is 19.1. The van der Waals surface area contributed by atoms with Gasteiger partial charge in [0.15, 0.2) is 0 Å². The molecule has 0 spiro atoms. The van der Waals surface area contributed by atoms with E-state index in [1.54, 1.807) is 6.07 Å². The molecule has 2 aliphatic heterocycles. The first-order chi connectivity index (χ1) is 12.5. The molecule has 1 unspecified atom stereocenters. The number of hydrogen-bond donors (Lipinski definition) is 1. The summed E-state index contributed by atoms with van der Waals surface area (Å²) in [5.41, 5.74) is 1.05. The first kappa shape index (κ1) is 16.9. The van der Waals surface area contributed by atoms with Crippen LogP contribution in [0.25, 0.3) is 0 Å². The number of piperazine rings is 1. The van der Waals surface area contributed by atoms with Gasteiger partial charge in [-0.05, 0) is 30.2 Å². The number of hydrogen-bond acceptors (Lipinski definition) is 4. The molecule has 2 aromatic rings. The van der Waals surface area contributed by atoms with Crippen LogP contribution < -0.4 is 15.0 Å². The van der Waals surface area contributed by atoms with Crippen LogP contribution in [-0.2, 0) is 11.2 Å². The minimum Gasteiger partial charge on any atom is -0.426 e. The van der Waals surface area contributed by atoms with Gasteiger partial charge >= 0.3 is 5.97 Å². The Hall–Kier alpha value is -2.54. The number of carbonyl (C=O) groups is 1. The first-order valence-electron chi connectivity index (χ1n) is 8.47. The summed E-state index contributed by atoms with van der Waals surface area (Å²) in [7, 11) is 0. The molecule has 1 saturated heterocycles. The van der Waals surface area contributed by atoms with Gasteiger partial charge in [0.25, 0.3) is 0 Å². The molecule has 2 aliphatic rings. The van der Waals surface area contributed by atoms with Crippen molar-refractivity contribution in [2.45, 2.75) is 12.3 Å². The molecule has 4 nitrogen and oxygen atoms in total. The standard InChI is InChI=1S/C19H17F3N2O2/c20-12-5-11(6-13(21)7-12)15-10-16-17(22)8-14(9-18(16)26-19(15)25)24-3-1-23-2-4-24/h5-9,15,23H,1-4,10H2. The molecule has 0 aromatic heterocycles. The lowest BCUT2D eigenvalue weighted by Crippen LogP contribution is -2.43. The van der Waals surface area contributed by atoms with Gasteiger partial charge in [-0.2, -0.15) is 0 Å². The third kappa shape index (κ3) is 3.14. The molecule has 1 fully saturated rings. The Bertz CT molecular complexity index is 846. The van der Waals surface area contributed by atoms with Gasteiger partial charge in [0, 0.05) is 49.6 Å². The monoisotopic (exact) mass is 362 g/mol. The van der Waals surface area contributed by atoms with Crippen LogP contribution in [0.5, 0.6) is 5.75 Å². The van der Waals surface area contributed by atoms with Gasteiger partial charge in [-0.3, -0.25) is 4.79 Å². The van der Waals surface area contributed by atoms with Gasteiger partial charge < -0.3 is 15.0 Å². The van der Waals surface area contributed by atoms with Crippen molar-refractivity contribution in [3.8, 4) is 5.75 Å². The molecular formula is C19H17F3N2O2. The molecule has 26 heavy (non-hydrogen) atoms. The third-order valence-electron chi connectivity index (χ3n) is 4.81. The summed E-state index contributed by atoms with van der Waals surface area (Å²) in [5, 5.41) is 3.22. The number of nitrogens with zero attached hydrogens (tertiary/aromatic N) is 1. The van der Waals surface area contributed by atoms with E-state index in [9.17, 15) is 18.0 Å². The van der Waals surface area contributed by atoms with E-state index in [-0.39, 0.29) is 23.3 Å². The van der Waals surface area contributed by atoms with Crippen LogP contribution in [0.2, 0.25) is 0 Å². The zero-order chi connectivity index (χ0) is 18.3. The molecule has 1 atom stereocenters. The third-order valence-corrected chi connectivity index (χ3v) is 4.81. The predicted octanol–water partition coefficient (Wildman–Crippen LogP) is 2.76. The SMILES string of the molecule is O=C1Oc2cc(N3CCNCC3)cc(F)c2CC1c1cc(F)cc(F)c1. The fourth-order valence-electron chi connectivity index (χ4n) is 3.49. The number of ether oxygens (including phenoxy) is 1. The molecule has 7 heteroatoms. The minimum atomic E-state index is -0.938. The number of rotatable bonds is 2. The minimum absolute atomic E-state index is 0.00469.